The van der Waals surface area contributed by atoms with Crippen molar-refractivity contribution in [3.63, 3.8) is 0 Å². The van der Waals surface area contributed by atoms with Crippen LogP contribution in [0.4, 0.5) is 0 Å². The third-order valence-electron chi connectivity index (χ3n) is 5.07. The van der Waals surface area contributed by atoms with Crippen LogP contribution in [0.3, 0.4) is 0 Å². The first-order valence-electron chi connectivity index (χ1n) is 8.18. The van der Waals surface area contributed by atoms with E-state index in [0.29, 0.717) is 21.8 Å². The summed E-state index contributed by atoms with van der Waals surface area (Å²) in [6, 6.07) is 7.55. The third kappa shape index (κ3) is 1.51. The number of benzene rings is 5. The predicted molar refractivity (Wildman–Crippen MR) is 102 cm³/mol. The molecule has 2 heterocycles. The van der Waals surface area contributed by atoms with Gasteiger partial charge >= 0.3 is 0 Å². The van der Waals surface area contributed by atoms with Gasteiger partial charge in [-0.05, 0) is 45.8 Å². The Bertz CT molecular complexity index is 1410. The number of H-pyrrole nitrogens is 2. The number of nitrogens with one attached hydrogen (secondary N) is 2. The quantitative estimate of drug-likeness (QED) is 0.329. The second-order valence-corrected chi connectivity index (χ2v) is 6.42. The standard InChI is InChI=1S/C20H10N4O2/c25-19-17-9-5-13-14(22-2-1-21-13)6-10(9)18(20(19)26)12-8-16-15(7-11(12)17)23-3-4-24-16/h1-8,21-22H. The van der Waals surface area contributed by atoms with E-state index >= 15 is 0 Å². The first-order chi connectivity index (χ1) is 12.7. The predicted octanol–water partition coefficient (Wildman–Crippen LogP) is 3.06. The normalized spacial score (nSPS) is 12.2. The molecule has 6 nitrogen and oxygen atoms in total. The molecule has 6 heteroatoms. The second kappa shape index (κ2) is 4.43. The van der Waals surface area contributed by atoms with Crippen LogP contribution in [0, 0.1) is 0 Å². The van der Waals surface area contributed by atoms with Gasteiger partial charge < -0.3 is 9.97 Å². The molecule has 0 atom stereocenters. The molecule has 0 aliphatic carbocycles. The van der Waals surface area contributed by atoms with Gasteiger partial charge in [-0.3, -0.25) is 19.6 Å². The third-order valence-corrected chi connectivity index (χ3v) is 5.07. The number of aromatic amines is 2. The molecule has 0 fully saturated rings. The molecule has 2 bridgehead atoms. The second-order valence-electron chi connectivity index (χ2n) is 6.42. The average Bonchev–Trinajstić information content (AvgIpc) is 2.67. The monoisotopic (exact) mass is 338 g/mol. The summed E-state index contributed by atoms with van der Waals surface area (Å²) in [6.07, 6.45) is 6.81. The van der Waals surface area contributed by atoms with E-state index in [1.807, 2.05) is 24.3 Å². The Morgan fingerprint density at radius 3 is 1.50 bits per heavy atom. The molecule has 7 aromatic rings. The Morgan fingerprint density at radius 2 is 1.04 bits per heavy atom. The Hall–Kier alpha value is -3.80. The summed E-state index contributed by atoms with van der Waals surface area (Å²) < 4.78 is 0. The fourth-order valence-electron chi connectivity index (χ4n) is 3.95. The minimum absolute atomic E-state index is 0.446. The number of aromatic nitrogens is 4. The zero-order chi connectivity index (χ0) is 17.4. The van der Waals surface area contributed by atoms with Gasteiger partial charge in [0, 0.05) is 35.6 Å². The molecular formula is C20H10N4O2. The van der Waals surface area contributed by atoms with Gasteiger partial charge in [-0.15, -0.1) is 0 Å². The van der Waals surface area contributed by atoms with Gasteiger partial charge in [-0.2, -0.15) is 0 Å². The van der Waals surface area contributed by atoms with Gasteiger partial charge in [-0.25, -0.2) is 0 Å². The molecule has 0 spiro atoms. The number of hydrogen-bond acceptors (Lipinski definition) is 4. The molecule has 7 rings (SSSR count). The maximum Gasteiger partial charge on any atom is 0.234 e. The topological polar surface area (TPSA) is 91.5 Å². The van der Waals surface area contributed by atoms with Gasteiger partial charge in [-0.1, -0.05) is 0 Å². The lowest BCUT2D eigenvalue weighted by atomic mass is 9.90. The Kier molecular flexibility index (Phi) is 2.30. The zero-order valence-corrected chi connectivity index (χ0v) is 13.3. The van der Waals surface area contributed by atoms with Crippen LogP contribution in [0.2, 0.25) is 0 Å². The first-order valence-corrected chi connectivity index (χ1v) is 8.18. The highest BCUT2D eigenvalue weighted by Crippen LogP contribution is 2.35. The molecule has 0 aliphatic rings. The van der Waals surface area contributed by atoms with Crippen molar-refractivity contribution in [2.45, 2.75) is 0 Å². The van der Waals surface area contributed by atoms with E-state index in [1.165, 1.54) is 0 Å². The van der Waals surface area contributed by atoms with Crippen LogP contribution >= 0.6 is 0 Å². The van der Waals surface area contributed by atoms with Crippen LogP contribution in [0.15, 0.2) is 58.6 Å². The fraction of sp³-hybridized carbons (Fsp3) is 0. The van der Waals surface area contributed by atoms with Gasteiger partial charge in [0.15, 0.2) is 0 Å². The van der Waals surface area contributed by atoms with Crippen molar-refractivity contribution in [2.24, 2.45) is 0 Å². The van der Waals surface area contributed by atoms with Gasteiger partial charge in [0.2, 0.25) is 10.9 Å². The smallest absolute Gasteiger partial charge is 0.234 e. The van der Waals surface area contributed by atoms with Crippen LogP contribution in [0.1, 0.15) is 0 Å². The fourth-order valence-corrected chi connectivity index (χ4v) is 3.95. The maximum absolute atomic E-state index is 12.7. The van der Waals surface area contributed by atoms with Crippen molar-refractivity contribution in [1.82, 2.24) is 19.9 Å². The van der Waals surface area contributed by atoms with Gasteiger partial charge in [0.05, 0.1) is 22.1 Å². The van der Waals surface area contributed by atoms with Gasteiger partial charge in [0.25, 0.3) is 0 Å². The SMILES string of the molecule is O=c1c(=O)c2c3cc4nccnc4cc3c1c1cc3[nH]cc[nH]c3cc12. The van der Waals surface area contributed by atoms with E-state index < -0.39 is 10.9 Å². The van der Waals surface area contributed by atoms with Crippen LogP contribution in [0.5, 0.6) is 0 Å². The molecule has 0 aliphatic heterocycles. The molecule has 2 aromatic heterocycles. The van der Waals surface area contributed by atoms with Crippen molar-refractivity contribution in [1.29, 1.82) is 0 Å². The summed E-state index contributed by atoms with van der Waals surface area (Å²) in [5.41, 5.74) is 2.23. The lowest BCUT2D eigenvalue weighted by Gasteiger charge is -2.13. The van der Waals surface area contributed by atoms with E-state index in [-0.39, 0.29) is 0 Å². The Balaban J connectivity index is 2.01. The highest BCUT2D eigenvalue weighted by Gasteiger charge is 2.20. The minimum Gasteiger partial charge on any atom is -0.359 e. The molecular weight excluding hydrogens is 328 g/mol. The van der Waals surface area contributed by atoms with E-state index in [4.69, 9.17) is 0 Å². The van der Waals surface area contributed by atoms with Crippen molar-refractivity contribution in [3.8, 4) is 0 Å². The molecule has 26 heavy (non-hydrogen) atoms. The average molecular weight is 338 g/mol. The van der Waals surface area contributed by atoms with Crippen molar-refractivity contribution >= 4 is 54.4 Å². The van der Waals surface area contributed by atoms with E-state index in [2.05, 4.69) is 19.9 Å². The first kappa shape index (κ1) is 13.5. The summed E-state index contributed by atoms with van der Waals surface area (Å²) >= 11 is 0. The summed E-state index contributed by atoms with van der Waals surface area (Å²) in [5, 5.41) is 3.96. The number of fused-ring (bicyclic) bond motifs is 3. The van der Waals surface area contributed by atoms with Crippen molar-refractivity contribution in [3.05, 3.63) is 69.5 Å². The van der Waals surface area contributed by atoms with E-state index in [0.717, 1.165) is 32.6 Å². The molecule has 122 valence electrons. The Labute approximate surface area is 144 Å². The molecule has 0 unspecified atom stereocenters. The van der Waals surface area contributed by atoms with Crippen molar-refractivity contribution < 1.29 is 0 Å². The summed E-state index contributed by atoms with van der Waals surface area (Å²) in [6.45, 7) is 0. The molecule has 0 radical (unpaired) electrons. The molecule has 0 saturated heterocycles. The maximum atomic E-state index is 12.7. The highest BCUT2D eigenvalue weighted by molar-refractivity contribution is 6.29. The lowest BCUT2D eigenvalue weighted by molar-refractivity contribution is 1.30. The minimum atomic E-state index is -0.456. The highest BCUT2D eigenvalue weighted by atomic mass is 16.2. The summed E-state index contributed by atoms with van der Waals surface area (Å²) in [7, 11) is 0. The summed E-state index contributed by atoms with van der Waals surface area (Å²) in [5.74, 6) is 0. The van der Waals surface area contributed by atoms with Crippen LogP contribution in [0.25, 0.3) is 54.4 Å². The zero-order valence-electron chi connectivity index (χ0n) is 13.3. The number of nitrogens with zero attached hydrogens (tertiary/aromatic N) is 2. The molecule has 0 amide bonds. The van der Waals surface area contributed by atoms with Crippen LogP contribution in [-0.2, 0) is 0 Å². The summed E-state index contributed by atoms with van der Waals surface area (Å²) in [4.78, 5) is 40.4. The lowest BCUT2D eigenvalue weighted by Crippen LogP contribution is -2.26. The van der Waals surface area contributed by atoms with E-state index in [9.17, 15) is 9.59 Å². The van der Waals surface area contributed by atoms with E-state index in [1.54, 1.807) is 24.8 Å². The molecule has 5 aromatic carbocycles. The number of rotatable bonds is 0. The Morgan fingerprint density at radius 1 is 0.615 bits per heavy atom. The van der Waals surface area contributed by atoms with Crippen molar-refractivity contribution in [2.75, 3.05) is 0 Å². The van der Waals surface area contributed by atoms with Gasteiger partial charge in [0.1, 0.15) is 0 Å². The number of hydrogen-bond donors (Lipinski definition) is 2. The molecule has 0 saturated carbocycles. The molecule has 2 N–H and O–H groups in total. The largest absolute Gasteiger partial charge is 0.359 e. The van der Waals surface area contributed by atoms with Crippen LogP contribution < -0.4 is 10.9 Å². The van der Waals surface area contributed by atoms with Crippen LogP contribution in [-0.4, -0.2) is 19.9 Å².